The van der Waals surface area contributed by atoms with Crippen LogP contribution in [0.1, 0.15) is 36.9 Å². The minimum Gasteiger partial charge on any atom is -0.358 e. The Kier molecular flexibility index (Phi) is 3.18. The summed E-state index contributed by atoms with van der Waals surface area (Å²) in [6, 6.07) is 6.26. The molecule has 1 aromatic heterocycles. The number of benzene rings is 1. The van der Waals surface area contributed by atoms with Gasteiger partial charge >= 0.3 is 0 Å². The molecule has 2 aliphatic carbocycles. The minimum absolute atomic E-state index is 0.257. The molecule has 21 heavy (non-hydrogen) atoms. The maximum Gasteiger partial charge on any atom is 0.223 e. The number of hydrogen-bond donors (Lipinski definition) is 2. The van der Waals surface area contributed by atoms with Crippen molar-refractivity contribution in [1.82, 2.24) is 10.3 Å². The number of carbonyl (C=O) groups is 1. The number of amides is 1. The largest absolute Gasteiger partial charge is 0.358 e. The van der Waals surface area contributed by atoms with Gasteiger partial charge in [-0.1, -0.05) is 18.0 Å². The van der Waals surface area contributed by atoms with Crippen molar-refractivity contribution in [1.29, 1.82) is 0 Å². The normalized spacial score (nSPS) is 21.9. The quantitative estimate of drug-likeness (QED) is 0.875. The highest BCUT2D eigenvalue weighted by Gasteiger charge is 2.29. The fourth-order valence-electron chi connectivity index (χ4n) is 3.50. The molecule has 110 valence electrons. The van der Waals surface area contributed by atoms with Crippen LogP contribution in [-0.2, 0) is 17.6 Å². The van der Waals surface area contributed by atoms with E-state index in [1.165, 1.54) is 23.1 Å². The topological polar surface area (TPSA) is 44.9 Å². The predicted octanol–water partition coefficient (Wildman–Crippen LogP) is 3.59. The Labute approximate surface area is 129 Å². The zero-order valence-electron chi connectivity index (χ0n) is 11.9. The fraction of sp³-hybridized carbons (Fsp3) is 0.471. The van der Waals surface area contributed by atoms with E-state index in [4.69, 9.17) is 11.6 Å². The van der Waals surface area contributed by atoms with Gasteiger partial charge in [-0.2, -0.15) is 0 Å². The van der Waals surface area contributed by atoms with Gasteiger partial charge in [0.1, 0.15) is 0 Å². The molecule has 1 atom stereocenters. The molecule has 1 amide bonds. The third-order valence-corrected chi connectivity index (χ3v) is 5.21. The van der Waals surface area contributed by atoms with Crippen molar-refractivity contribution in [3.63, 3.8) is 0 Å². The lowest BCUT2D eigenvalue weighted by Crippen LogP contribution is -2.43. The van der Waals surface area contributed by atoms with Crippen LogP contribution >= 0.6 is 11.6 Å². The van der Waals surface area contributed by atoms with Crippen LogP contribution in [0.2, 0.25) is 5.02 Å². The van der Waals surface area contributed by atoms with Crippen LogP contribution in [0.3, 0.4) is 0 Å². The monoisotopic (exact) mass is 302 g/mol. The van der Waals surface area contributed by atoms with Crippen molar-refractivity contribution in [3.8, 4) is 0 Å². The van der Waals surface area contributed by atoms with Gasteiger partial charge in [-0.25, -0.2) is 0 Å². The predicted molar refractivity (Wildman–Crippen MR) is 84.6 cm³/mol. The lowest BCUT2D eigenvalue weighted by Gasteiger charge is -2.29. The van der Waals surface area contributed by atoms with E-state index >= 15 is 0 Å². The van der Waals surface area contributed by atoms with Gasteiger partial charge in [0.15, 0.2) is 0 Å². The van der Waals surface area contributed by atoms with Crippen molar-refractivity contribution < 1.29 is 4.79 Å². The first-order valence-electron chi connectivity index (χ1n) is 7.80. The summed E-state index contributed by atoms with van der Waals surface area (Å²) in [6.45, 7) is 0. The zero-order chi connectivity index (χ0) is 14.4. The molecular formula is C17H19ClN2O. The van der Waals surface area contributed by atoms with Gasteiger partial charge in [-0.15, -0.1) is 0 Å². The molecular weight excluding hydrogens is 284 g/mol. The summed E-state index contributed by atoms with van der Waals surface area (Å²) >= 11 is 6.12. The van der Waals surface area contributed by atoms with E-state index in [9.17, 15) is 4.79 Å². The highest BCUT2D eigenvalue weighted by atomic mass is 35.5. The van der Waals surface area contributed by atoms with Gasteiger partial charge in [0, 0.05) is 33.6 Å². The summed E-state index contributed by atoms with van der Waals surface area (Å²) in [5.74, 6) is 0.524. The van der Waals surface area contributed by atoms with Gasteiger partial charge in [-0.3, -0.25) is 4.79 Å². The minimum atomic E-state index is 0.257. The molecule has 0 saturated heterocycles. The van der Waals surface area contributed by atoms with Crippen LogP contribution in [0.4, 0.5) is 0 Å². The van der Waals surface area contributed by atoms with E-state index in [2.05, 4.69) is 10.3 Å². The van der Waals surface area contributed by atoms with Crippen LogP contribution in [0.5, 0.6) is 0 Å². The van der Waals surface area contributed by atoms with E-state index in [0.717, 1.165) is 42.6 Å². The summed E-state index contributed by atoms with van der Waals surface area (Å²) in [6.07, 6.45) is 6.25. The number of fused-ring (bicyclic) bond motifs is 3. The lowest BCUT2D eigenvalue weighted by molar-refractivity contribution is -0.128. The molecule has 2 aromatic rings. The number of H-pyrrole nitrogens is 1. The van der Waals surface area contributed by atoms with Crippen LogP contribution in [-0.4, -0.2) is 16.9 Å². The average Bonchev–Trinajstić information content (AvgIpc) is 2.74. The molecule has 1 unspecified atom stereocenters. The van der Waals surface area contributed by atoms with Crippen LogP contribution in [0, 0.1) is 5.92 Å². The molecule has 1 heterocycles. The summed E-state index contributed by atoms with van der Waals surface area (Å²) < 4.78 is 0. The molecule has 0 radical (unpaired) electrons. The van der Waals surface area contributed by atoms with Gasteiger partial charge in [-0.05, 0) is 55.9 Å². The Morgan fingerprint density at radius 3 is 2.90 bits per heavy atom. The highest BCUT2D eigenvalue weighted by molar-refractivity contribution is 6.31. The van der Waals surface area contributed by atoms with E-state index < -0.39 is 0 Å². The summed E-state index contributed by atoms with van der Waals surface area (Å²) in [5.41, 5.74) is 3.79. The number of nitrogens with one attached hydrogen (secondary N) is 2. The average molecular weight is 303 g/mol. The second kappa shape index (κ2) is 5.06. The number of carbonyl (C=O) groups excluding carboxylic acids is 1. The molecule has 0 bridgehead atoms. The molecule has 0 spiro atoms. The summed E-state index contributed by atoms with van der Waals surface area (Å²) in [4.78, 5) is 15.6. The first kappa shape index (κ1) is 13.2. The number of aryl methyl sites for hydroxylation is 1. The second-order valence-corrected chi connectivity index (χ2v) is 6.78. The molecule has 4 heteroatoms. The van der Waals surface area contributed by atoms with E-state index in [1.54, 1.807) is 0 Å². The Balaban J connectivity index is 1.57. The van der Waals surface area contributed by atoms with E-state index in [1.807, 2.05) is 18.2 Å². The third-order valence-electron chi connectivity index (χ3n) is 4.97. The molecule has 1 fully saturated rings. The Hall–Kier alpha value is -1.48. The molecule has 2 N–H and O–H groups in total. The van der Waals surface area contributed by atoms with Crippen molar-refractivity contribution in [2.45, 2.75) is 44.6 Å². The van der Waals surface area contributed by atoms with Crippen molar-refractivity contribution in [2.24, 2.45) is 5.92 Å². The van der Waals surface area contributed by atoms with Crippen LogP contribution in [0.15, 0.2) is 18.2 Å². The molecule has 0 aliphatic heterocycles. The van der Waals surface area contributed by atoms with Crippen molar-refractivity contribution in [3.05, 3.63) is 34.5 Å². The number of halogens is 1. The maximum atomic E-state index is 12.1. The van der Waals surface area contributed by atoms with Crippen LogP contribution < -0.4 is 5.32 Å². The van der Waals surface area contributed by atoms with Crippen molar-refractivity contribution >= 4 is 28.4 Å². The SMILES string of the molecule is O=C(NC1CCc2[nH]c3ccc(Cl)cc3c2C1)C1CCC1. The Morgan fingerprint density at radius 2 is 2.14 bits per heavy atom. The first-order chi connectivity index (χ1) is 10.2. The van der Waals surface area contributed by atoms with Gasteiger partial charge in [0.05, 0.1) is 0 Å². The number of hydrogen-bond acceptors (Lipinski definition) is 1. The molecule has 1 aromatic carbocycles. The van der Waals surface area contributed by atoms with Crippen LogP contribution in [0.25, 0.3) is 10.9 Å². The first-order valence-corrected chi connectivity index (χ1v) is 8.18. The third kappa shape index (κ3) is 2.34. The molecule has 1 saturated carbocycles. The number of aromatic amines is 1. The van der Waals surface area contributed by atoms with Crippen molar-refractivity contribution in [2.75, 3.05) is 0 Å². The summed E-state index contributed by atoms with van der Waals surface area (Å²) in [5, 5.41) is 5.22. The van der Waals surface area contributed by atoms with Gasteiger partial charge in [0.2, 0.25) is 5.91 Å². The molecule has 4 rings (SSSR count). The Morgan fingerprint density at radius 1 is 1.29 bits per heavy atom. The van der Waals surface area contributed by atoms with Gasteiger partial charge < -0.3 is 10.3 Å². The van der Waals surface area contributed by atoms with E-state index in [0.29, 0.717) is 0 Å². The molecule has 3 nitrogen and oxygen atoms in total. The Bertz CT molecular complexity index is 702. The molecule has 2 aliphatic rings. The highest BCUT2D eigenvalue weighted by Crippen LogP contribution is 2.32. The smallest absolute Gasteiger partial charge is 0.223 e. The van der Waals surface area contributed by atoms with E-state index in [-0.39, 0.29) is 17.9 Å². The summed E-state index contributed by atoms with van der Waals surface area (Å²) in [7, 11) is 0. The maximum absolute atomic E-state index is 12.1. The number of rotatable bonds is 2. The second-order valence-electron chi connectivity index (χ2n) is 6.35. The fourth-order valence-corrected chi connectivity index (χ4v) is 3.67. The number of aromatic nitrogens is 1. The zero-order valence-corrected chi connectivity index (χ0v) is 12.7. The lowest BCUT2D eigenvalue weighted by atomic mass is 9.84. The standard InChI is InChI=1S/C17H19ClN2O/c18-11-4-6-15-13(8-11)14-9-12(5-7-16(14)20-15)19-17(21)10-2-1-3-10/h4,6,8,10,12,20H,1-3,5,7,9H2,(H,19,21). The van der Waals surface area contributed by atoms with Gasteiger partial charge in [0.25, 0.3) is 0 Å².